The molecule has 2 heterocycles. The number of allylic oxidation sites excluding steroid dienone is 6. The van der Waals surface area contributed by atoms with E-state index < -0.39 is 0 Å². The zero-order valence-electron chi connectivity index (χ0n) is 33.9. The Kier molecular flexibility index (Phi) is 10.3. The molecule has 298 valence electrons. The molecule has 0 saturated carbocycles. The van der Waals surface area contributed by atoms with E-state index in [1.54, 1.807) is 11.3 Å². The fourth-order valence-corrected chi connectivity index (χ4v) is 10.7. The Morgan fingerprint density at radius 2 is 1.02 bits per heavy atom. The van der Waals surface area contributed by atoms with E-state index in [2.05, 4.69) is 228 Å². The highest BCUT2D eigenvalue weighted by Gasteiger charge is 2.28. The van der Waals surface area contributed by atoms with E-state index in [9.17, 15) is 0 Å². The summed E-state index contributed by atoms with van der Waals surface area (Å²) < 4.78 is 1.21. The van der Waals surface area contributed by atoms with Crippen LogP contribution in [0.2, 0.25) is 0 Å². The molecule has 1 aliphatic heterocycles. The fourth-order valence-electron chi connectivity index (χ4n) is 8.54. The topological polar surface area (TPSA) is 31.7 Å². The third-order valence-corrected chi connectivity index (χ3v) is 14.1. The Bertz CT molecular complexity index is 2970. The molecule has 3 atom stereocenters. The molecule has 6 heteroatoms. The van der Waals surface area contributed by atoms with Crippen molar-refractivity contribution in [1.82, 2.24) is 4.98 Å². The van der Waals surface area contributed by atoms with Gasteiger partial charge in [-0.2, -0.15) is 0 Å². The van der Waals surface area contributed by atoms with Crippen molar-refractivity contribution in [1.29, 1.82) is 0 Å². The number of hydrogen-bond acceptors (Lipinski definition) is 6. The summed E-state index contributed by atoms with van der Waals surface area (Å²) in [4.78, 5) is 14.5. The molecule has 7 aromatic carbocycles. The first-order valence-corrected chi connectivity index (χ1v) is 22.8. The van der Waals surface area contributed by atoms with Gasteiger partial charge in [-0.05, 0) is 120 Å². The molecule has 4 nitrogen and oxygen atoms in total. The van der Waals surface area contributed by atoms with Gasteiger partial charge in [0.25, 0.3) is 0 Å². The summed E-state index contributed by atoms with van der Waals surface area (Å²) in [5.41, 5.74) is 13.8. The molecule has 0 saturated heterocycles. The second-order valence-corrected chi connectivity index (χ2v) is 17.9. The van der Waals surface area contributed by atoms with Crippen molar-refractivity contribution in [3.05, 3.63) is 241 Å². The van der Waals surface area contributed by atoms with E-state index in [4.69, 9.17) is 9.98 Å². The average molecular weight is 835 g/mol. The molecule has 3 unspecified atom stereocenters. The lowest BCUT2D eigenvalue weighted by atomic mass is 9.88. The number of thiazole rings is 1. The van der Waals surface area contributed by atoms with Gasteiger partial charge in [0.2, 0.25) is 0 Å². The maximum atomic E-state index is 5.01. The van der Waals surface area contributed by atoms with Crippen molar-refractivity contribution >= 4 is 78.1 Å². The molecule has 11 rings (SSSR count). The van der Waals surface area contributed by atoms with Gasteiger partial charge in [-0.15, -0.1) is 11.3 Å². The predicted molar refractivity (Wildman–Crippen MR) is 265 cm³/mol. The molecule has 0 fully saturated rings. The summed E-state index contributed by atoms with van der Waals surface area (Å²) >= 11 is 3.59. The fraction of sp³-hybridized carbons (Fsp3) is 0.0714. The van der Waals surface area contributed by atoms with Crippen LogP contribution in [0.1, 0.15) is 29.0 Å². The van der Waals surface area contributed by atoms with Crippen LogP contribution in [-0.2, 0) is 0 Å². The van der Waals surface area contributed by atoms with E-state index in [1.807, 2.05) is 17.8 Å². The third kappa shape index (κ3) is 7.64. The summed E-state index contributed by atoms with van der Waals surface area (Å²) in [7, 11) is 0. The highest BCUT2D eigenvalue weighted by molar-refractivity contribution is 8.15. The molecule has 62 heavy (non-hydrogen) atoms. The molecule has 1 aromatic heterocycles. The molecule has 8 aromatic rings. The largest absolute Gasteiger partial charge is 0.311 e. The lowest BCUT2D eigenvalue weighted by molar-refractivity contribution is 0.856. The van der Waals surface area contributed by atoms with Crippen molar-refractivity contribution in [3.8, 4) is 10.6 Å². The van der Waals surface area contributed by atoms with Crippen LogP contribution < -0.4 is 9.80 Å². The second kappa shape index (κ2) is 16.8. The number of nitrogens with zero attached hydrogens (tertiary/aromatic N) is 4. The van der Waals surface area contributed by atoms with Gasteiger partial charge in [-0.25, -0.2) is 4.98 Å². The van der Waals surface area contributed by atoms with Gasteiger partial charge in [0, 0.05) is 51.2 Å². The second-order valence-electron chi connectivity index (χ2n) is 15.7. The molecule has 0 radical (unpaired) electrons. The number of para-hydroxylation sites is 3. The zero-order chi connectivity index (χ0) is 41.2. The van der Waals surface area contributed by atoms with E-state index in [0.717, 1.165) is 61.7 Å². The van der Waals surface area contributed by atoms with E-state index in [-0.39, 0.29) is 6.04 Å². The van der Waals surface area contributed by atoms with Crippen molar-refractivity contribution in [2.24, 2.45) is 4.99 Å². The van der Waals surface area contributed by atoms with E-state index in [1.165, 1.54) is 27.0 Å². The summed E-state index contributed by atoms with van der Waals surface area (Å²) in [6.07, 6.45) is 16.7. The van der Waals surface area contributed by atoms with Crippen LogP contribution in [0.15, 0.2) is 230 Å². The maximum absolute atomic E-state index is 5.01. The van der Waals surface area contributed by atoms with Gasteiger partial charge in [0.1, 0.15) is 5.01 Å². The number of aromatic nitrogens is 1. The van der Waals surface area contributed by atoms with E-state index >= 15 is 0 Å². The van der Waals surface area contributed by atoms with Crippen LogP contribution >= 0.6 is 23.1 Å². The third-order valence-electron chi connectivity index (χ3n) is 11.8. The Balaban J connectivity index is 0.793. The number of fused-ring (bicyclic) bond motifs is 2. The molecule has 0 amide bonds. The van der Waals surface area contributed by atoms with Gasteiger partial charge >= 0.3 is 0 Å². The van der Waals surface area contributed by atoms with Gasteiger partial charge < -0.3 is 9.80 Å². The normalized spacial score (nSPS) is 17.7. The standard InChI is InChI=1S/C56H42N4S2/c1-3-11-45(12-4-1)59(49-35-27-43(28-36-49)55-57-51-15-7-9-17-53(51)61-55)47-31-23-41(24-32-47)39-19-21-40(22-20-39)42-25-33-48(34-26-42)60(46-13-5-2-6-14-46)50-37-29-44(30-38-50)56-58-52-16-8-10-18-54(52)62-56/h1-21,23-38,40,52,54H,22H2. The minimum Gasteiger partial charge on any atom is -0.311 e. The van der Waals surface area contributed by atoms with Gasteiger partial charge in [-0.1, -0.05) is 139 Å². The molecular weight excluding hydrogens is 793 g/mol. The molecule has 0 bridgehead atoms. The van der Waals surface area contributed by atoms with Crippen molar-refractivity contribution < 1.29 is 0 Å². The highest BCUT2D eigenvalue weighted by Crippen LogP contribution is 2.41. The summed E-state index contributed by atoms with van der Waals surface area (Å²) in [6.45, 7) is 0. The van der Waals surface area contributed by atoms with Gasteiger partial charge in [0.15, 0.2) is 0 Å². The Labute approximate surface area is 371 Å². The van der Waals surface area contributed by atoms with Crippen LogP contribution in [-0.4, -0.2) is 21.3 Å². The van der Waals surface area contributed by atoms with Gasteiger partial charge in [0.05, 0.1) is 26.6 Å². The van der Waals surface area contributed by atoms with Crippen molar-refractivity contribution in [2.75, 3.05) is 9.80 Å². The van der Waals surface area contributed by atoms with Crippen molar-refractivity contribution in [2.45, 2.75) is 23.6 Å². The van der Waals surface area contributed by atoms with Crippen molar-refractivity contribution in [3.63, 3.8) is 0 Å². The van der Waals surface area contributed by atoms with Crippen LogP contribution in [0.5, 0.6) is 0 Å². The first-order valence-electron chi connectivity index (χ1n) is 21.2. The lowest BCUT2D eigenvalue weighted by Crippen LogP contribution is -2.13. The molecule has 3 aliphatic rings. The number of hydrogen-bond donors (Lipinski definition) is 0. The minimum absolute atomic E-state index is 0.232. The monoisotopic (exact) mass is 834 g/mol. The minimum atomic E-state index is 0.232. The van der Waals surface area contributed by atoms with Crippen LogP contribution in [0.4, 0.5) is 34.1 Å². The van der Waals surface area contributed by atoms with E-state index in [0.29, 0.717) is 11.2 Å². The van der Waals surface area contributed by atoms with Crippen LogP contribution in [0.3, 0.4) is 0 Å². The number of rotatable bonds is 10. The number of anilines is 6. The van der Waals surface area contributed by atoms with Crippen LogP contribution in [0, 0.1) is 0 Å². The summed E-state index contributed by atoms with van der Waals surface area (Å²) in [5.74, 6) is 0.314. The Morgan fingerprint density at radius 1 is 0.484 bits per heavy atom. The average Bonchev–Trinajstić information content (AvgIpc) is 3.99. The zero-order valence-corrected chi connectivity index (χ0v) is 35.5. The first-order chi connectivity index (χ1) is 30.7. The molecule has 2 aliphatic carbocycles. The SMILES string of the molecule is C1=CC2N=C(c3ccc(N(c4ccccc4)c4ccc(C5C=CC(c6ccc(N(c7ccccc7)c7ccc(-c8nc9ccccc9s8)cc7)cc6)=CC5)cc4)cc3)SC2C=C1. The summed E-state index contributed by atoms with van der Waals surface area (Å²) in [6, 6.07) is 65.5. The molecule has 0 spiro atoms. The maximum Gasteiger partial charge on any atom is 0.124 e. The molecular formula is C56H42N4S2. The summed E-state index contributed by atoms with van der Waals surface area (Å²) in [5, 5.41) is 2.55. The molecule has 0 N–H and O–H groups in total. The smallest absolute Gasteiger partial charge is 0.124 e. The number of thioether (sulfide) groups is 1. The number of aliphatic imine (C=N–C) groups is 1. The lowest BCUT2D eigenvalue weighted by Gasteiger charge is -2.26. The highest BCUT2D eigenvalue weighted by atomic mass is 32.2. The Morgan fingerprint density at radius 3 is 1.60 bits per heavy atom. The van der Waals surface area contributed by atoms with Crippen LogP contribution in [0.25, 0.3) is 26.4 Å². The predicted octanol–water partition coefficient (Wildman–Crippen LogP) is 15.4. The quantitative estimate of drug-likeness (QED) is 0.137. The van der Waals surface area contributed by atoms with Gasteiger partial charge in [-0.3, -0.25) is 4.99 Å². The first kappa shape index (κ1) is 38.0. The Hall–Kier alpha value is -6.99. The number of benzene rings is 7.